The predicted octanol–water partition coefficient (Wildman–Crippen LogP) is 5.55. The van der Waals surface area contributed by atoms with Gasteiger partial charge in [0, 0.05) is 36.0 Å². The molecule has 1 saturated heterocycles. The summed E-state index contributed by atoms with van der Waals surface area (Å²) in [6.45, 7) is 3.27. The molecule has 3 atom stereocenters. The molecule has 190 valence electrons. The topological polar surface area (TPSA) is 74.8 Å². The van der Waals surface area contributed by atoms with E-state index in [9.17, 15) is 14.4 Å². The molecule has 1 aliphatic carbocycles. The first-order valence-corrected chi connectivity index (χ1v) is 13.0. The largest absolute Gasteiger partial charge is 0.336 e. The van der Waals surface area contributed by atoms with E-state index in [1.807, 2.05) is 21.8 Å². The highest BCUT2D eigenvalue weighted by Gasteiger charge is 2.71. The van der Waals surface area contributed by atoms with E-state index in [1.54, 1.807) is 30.5 Å². The number of rotatable bonds is 4. The lowest BCUT2D eigenvalue weighted by Gasteiger charge is -2.26. The average molecular weight is 514 g/mol. The van der Waals surface area contributed by atoms with Gasteiger partial charge < -0.3 is 4.90 Å². The number of hydrogen-bond donors (Lipinski definition) is 0. The Morgan fingerprint density at radius 3 is 2.64 bits per heavy atom. The molecule has 1 saturated carbocycles. The van der Waals surface area contributed by atoms with Gasteiger partial charge in [-0.1, -0.05) is 30.3 Å². The number of fused-ring (bicyclic) bond motifs is 2. The summed E-state index contributed by atoms with van der Waals surface area (Å²) in [5.41, 5.74) is 5.61. The first-order valence-electron chi connectivity index (χ1n) is 13.0. The minimum atomic E-state index is -0.285. The highest BCUT2D eigenvalue weighted by atomic mass is 19.1. The fourth-order valence-corrected chi connectivity index (χ4v) is 6.70. The number of carbonyl (C=O) groups excluding carboxylic acids is 1. The lowest BCUT2D eigenvalue weighted by molar-refractivity contribution is 0.0763. The molecule has 7 rings (SSSR count). The van der Waals surface area contributed by atoms with E-state index in [0.717, 1.165) is 22.2 Å². The van der Waals surface area contributed by atoms with E-state index in [0.29, 0.717) is 18.7 Å². The standard InChI is InChI=1S/C32H24FN5O/c1-20-14-28-23(17-36-38(28)25-11-9-24(33)10-12-25)15-26(20)32-19-37(31(39)30-22(16-34)8-5-13-35-30)18-27(32)29(32)21-6-3-2-4-7-21/h2-15,17,27,29H,18-19H2,1H3. The first kappa shape index (κ1) is 23.3. The van der Waals surface area contributed by atoms with Gasteiger partial charge in [0.05, 0.1) is 23.0 Å². The van der Waals surface area contributed by atoms with E-state index in [1.165, 1.54) is 23.3 Å². The van der Waals surface area contributed by atoms with Crippen LogP contribution in [0.3, 0.4) is 0 Å². The molecule has 0 spiro atoms. The molecular weight excluding hydrogens is 489 g/mol. The van der Waals surface area contributed by atoms with Crippen molar-refractivity contribution in [2.75, 3.05) is 13.1 Å². The van der Waals surface area contributed by atoms with Crippen LogP contribution in [-0.4, -0.2) is 38.7 Å². The minimum Gasteiger partial charge on any atom is -0.336 e. The SMILES string of the molecule is Cc1cc2c(cnn2-c2ccc(F)cc2)cc1C12CN(C(=O)c3ncccc3C#N)CC1C2c1ccccc1. The van der Waals surface area contributed by atoms with Crippen LogP contribution in [0.2, 0.25) is 0 Å². The Labute approximate surface area is 224 Å². The summed E-state index contributed by atoms with van der Waals surface area (Å²) in [6, 6.07) is 26.6. The van der Waals surface area contributed by atoms with Crippen LogP contribution in [0.25, 0.3) is 16.6 Å². The van der Waals surface area contributed by atoms with Crippen molar-refractivity contribution in [1.29, 1.82) is 5.26 Å². The van der Waals surface area contributed by atoms with Crippen molar-refractivity contribution in [3.8, 4) is 11.8 Å². The van der Waals surface area contributed by atoms with Crippen molar-refractivity contribution in [2.45, 2.75) is 18.3 Å². The molecule has 39 heavy (non-hydrogen) atoms. The van der Waals surface area contributed by atoms with Crippen molar-refractivity contribution < 1.29 is 9.18 Å². The number of amides is 1. The number of benzene rings is 3. The first-order chi connectivity index (χ1) is 19.0. The number of pyridine rings is 1. The summed E-state index contributed by atoms with van der Waals surface area (Å²) in [4.78, 5) is 19.7. The van der Waals surface area contributed by atoms with Gasteiger partial charge in [0.25, 0.3) is 5.91 Å². The highest BCUT2D eigenvalue weighted by Crippen LogP contribution is 2.69. The zero-order chi connectivity index (χ0) is 26.7. The molecule has 2 aliphatic rings. The number of aryl methyl sites for hydroxylation is 1. The molecule has 3 aromatic carbocycles. The third-order valence-corrected chi connectivity index (χ3v) is 8.44. The van der Waals surface area contributed by atoms with Gasteiger partial charge in [-0.15, -0.1) is 0 Å². The molecule has 6 nitrogen and oxygen atoms in total. The summed E-state index contributed by atoms with van der Waals surface area (Å²) >= 11 is 0. The average Bonchev–Trinajstić information content (AvgIpc) is 3.22. The number of hydrogen-bond acceptors (Lipinski definition) is 4. The lowest BCUT2D eigenvalue weighted by atomic mass is 9.86. The van der Waals surface area contributed by atoms with Crippen molar-refractivity contribution in [3.05, 3.63) is 125 Å². The molecule has 3 unspecified atom stereocenters. The van der Waals surface area contributed by atoms with Gasteiger partial charge >= 0.3 is 0 Å². The maximum atomic E-state index is 13.6. The molecule has 5 aromatic rings. The Kier molecular flexibility index (Phi) is 5.14. The fourth-order valence-electron chi connectivity index (χ4n) is 6.70. The monoisotopic (exact) mass is 513 g/mol. The Morgan fingerprint density at radius 1 is 1.08 bits per heavy atom. The Balaban J connectivity index is 1.31. The number of nitrogens with zero attached hydrogens (tertiary/aromatic N) is 5. The van der Waals surface area contributed by atoms with Crippen LogP contribution < -0.4 is 0 Å². The van der Waals surface area contributed by atoms with Gasteiger partial charge in [-0.05, 0) is 78.1 Å². The number of likely N-dealkylation sites (tertiary alicyclic amines) is 1. The molecule has 1 aliphatic heterocycles. The summed E-state index contributed by atoms with van der Waals surface area (Å²) in [7, 11) is 0. The van der Waals surface area contributed by atoms with E-state index < -0.39 is 0 Å². The van der Waals surface area contributed by atoms with E-state index in [-0.39, 0.29) is 34.7 Å². The van der Waals surface area contributed by atoms with Gasteiger partial charge in [0.15, 0.2) is 0 Å². The molecular formula is C32H24FN5O. The van der Waals surface area contributed by atoms with Crippen molar-refractivity contribution in [1.82, 2.24) is 19.7 Å². The Morgan fingerprint density at radius 2 is 1.87 bits per heavy atom. The second-order valence-corrected chi connectivity index (χ2v) is 10.5. The van der Waals surface area contributed by atoms with E-state index in [2.05, 4.69) is 59.5 Å². The van der Waals surface area contributed by atoms with Crippen molar-refractivity contribution in [2.24, 2.45) is 5.92 Å². The van der Waals surface area contributed by atoms with Crippen molar-refractivity contribution >= 4 is 16.8 Å². The summed E-state index contributed by atoms with van der Waals surface area (Å²) in [6.07, 6.45) is 3.41. The Hall–Kier alpha value is -4.83. The maximum absolute atomic E-state index is 13.6. The van der Waals surface area contributed by atoms with E-state index in [4.69, 9.17) is 0 Å². The highest BCUT2D eigenvalue weighted by molar-refractivity contribution is 5.95. The van der Waals surface area contributed by atoms with Gasteiger partial charge in [0.1, 0.15) is 17.6 Å². The van der Waals surface area contributed by atoms with Crippen molar-refractivity contribution in [3.63, 3.8) is 0 Å². The Bertz CT molecular complexity index is 1790. The molecule has 0 bridgehead atoms. The summed E-state index contributed by atoms with van der Waals surface area (Å²) < 4.78 is 15.3. The third-order valence-electron chi connectivity index (χ3n) is 8.44. The van der Waals surface area contributed by atoms with Crippen LogP contribution >= 0.6 is 0 Å². The number of aromatic nitrogens is 3. The second kappa shape index (κ2) is 8.60. The molecule has 2 fully saturated rings. The van der Waals surface area contributed by atoms with Crippen LogP contribution in [0.1, 0.15) is 38.7 Å². The molecule has 1 amide bonds. The van der Waals surface area contributed by atoms with Gasteiger partial charge in [-0.3, -0.25) is 4.79 Å². The minimum absolute atomic E-state index is 0.201. The van der Waals surface area contributed by atoms with Crippen LogP contribution in [0.5, 0.6) is 0 Å². The lowest BCUT2D eigenvalue weighted by Crippen LogP contribution is -2.35. The molecule has 0 N–H and O–H groups in total. The third kappa shape index (κ3) is 3.48. The molecule has 2 aromatic heterocycles. The number of nitriles is 1. The molecule has 0 radical (unpaired) electrons. The van der Waals surface area contributed by atoms with Crippen LogP contribution in [0.15, 0.2) is 91.3 Å². The normalized spacial score (nSPS) is 21.5. The smallest absolute Gasteiger partial charge is 0.273 e. The number of piperidine rings is 1. The zero-order valence-electron chi connectivity index (χ0n) is 21.3. The molecule has 3 heterocycles. The zero-order valence-corrected chi connectivity index (χ0v) is 21.3. The maximum Gasteiger partial charge on any atom is 0.273 e. The quantitative estimate of drug-likeness (QED) is 0.316. The van der Waals surface area contributed by atoms with Gasteiger partial charge in [-0.25, -0.2) is 14.1 Å². The van der Waals surface area contributed by atoms with Crippen LogP contribution in [0, 0.1) is 30.0 Å². The van der Waals surface area contributed by atoms with Gasteiger partial charge in [-0.2, -0.15) is 10.4 Å². The van der Waals surface area contributed by atoms with Crippen LogP contribution in [-0.2, 0) is 5.41 Å². The summed E-state index contributed by atoms with van der Waals surface area (Å²) in [5, 5.41) is 15.1. The fraction of sp³-hybridized carbons (Fsp3) is 0.188. The number of carbonyl (C=O) groups is 1. The van der Waals surface area contributed by atoms with Gasteiger partial charge in [0.2, 0.25) is 0 Å². The van der Waals surface area contributed by atoms with Crippen LogP contribution in [0.4, 0.5) is 4.39 Å². The summed E-state index contributed by atoms with van der Waals surface area (Å²) in [5.74, 6) is 0.0486. The molecule has 7 heteroatoms. The second-order valence-electron chi connectivity index (χ2n) is 10.5. The predicted molar refractivity (Wildman–Crippen MR) is 145 cm³/mol. The number of halogens is 1. The van der Waals surface area contributed by atoms with E-state index >= 15 is 0 Å².